The average molecular weight is 446 g/mol. The molecule has 3 aromatic carbocycles. The van der Waals surface area contributed by atoms with Crippen LogP contribution in [0.1, 0.15) is 41.1 Å². The van der Waals surface area contributed by atoms with Crippen molar-refractivity contribution in [1.29, 1.82) is 0 Å². The Kier molecular flexibility index (Phi) is 5.33. The van der Waals surface area contributed by atoms with Gasteiger partial charge >= 0.3 is 0 Å². The highest BCUT2D eigenvalue weighted by Crippen LogP contribution is 2.36. The summed E-state index contributed by atoms with van der Waals surface area (Å²) in [6, 6.07) is 28.6. The van der Waals surface area contributed by atoms with Crippen LogP contribution in [0.3, 0.4) is 0 Å². The van der Waals surface area contributed by atoms with E-state index in [0.29, 0.717) is 5.92 Å². The van der Waals surface area contributed by atoms with Gasteiger partial charge in [-0.1, -0.05) is 66.7 Å². The van der Waals surface area contributed by atoms with Crippen LogP contribution in [0, 0.1) is 13.8 Å². The number of nitrogens with zero attached hydrogens (tertiary/aromatic N) is 3. The van der Waals surface area contributed by atoms with Crippen molar-refractivity contribution in [3.8, 4) is 0 Å². The van der Waals surface area contributed by atoms with E-state index in [1.165, 1.54) is 56.9 Å². The molecule has 3 heterocycles. The van der Waals surface area contributed by atoms with Crippen molar-refractivity contribution in [3.05, 3.63) is 107 Å². The molecule has 0 atom stereocenters. The fourth-order valence-electron chi connectivity index (χ4n) is 5.68. The van der Waals surface area contributed by atoms with Gasteiger partial charge in [0.1, 0.15) is 0 Å². The van der Waals surface area contributed by atoms with Crippen molar-refractivity contribution in [3.63, 3.8) is 0 Å². The lowest BCUT2D eigenvalue weighted by Gasteiger charge is -2.33. The minimum Gasteiger partial charge on any atom is -0.355 e. The summed E-state index contributed by atoms with van der Waals surface area (Å²) < 4.78 is 2.49. The second-order valence-corrected chi connectivity index (χ2v) is 9.68. The lowest BCUT2D eigenvalue weighted by molar-refractivity contribution is 0.503. The van der Waals surface area contributed by atoms with Crippen LogP contribution in [0.25, 0.3) is 21.7 Å². The summed E-state index contributed by atoms with van der Waals surface area (Å²) in [4.78, 5) is 7.45. The smallest absolute Gasteiger partial charge is 0.153 e. The maximum atomic E-state index is 4.94. The van der Waals surface area contributed by atoms with Gasteiger partial charge in [-0.3, -0.25) is 0 Å². The van der Waals surface area contributed by atoms with Crippen LogP contribution in [-0.2, 0) is 6.54 Å². The number of fused-ring (bicyclic) bond motifs is 2. The molecule has 1 aliphatic heterocycles. The van der Waals surface area contributed by atoms with E-state index in [-0.39, 0.29) is 0 Å². The molecule has 0 aliphatic carbocycles. The first-order valence-corrected chi connectivity index (χ1v) is 12.4. The number of piperidine rings is 1. The molecular weight excluding hydrogens is 414 g/mol. The van der Waals surface area contributed by atoms with Crippen LogP contribution in [0.4, 0.5) is 5.82 Å². The van der Waals surface area contributed by atoms with E-state index in [1.54, 1.807) is 0 Å². The topological polar surface area (TPSA) is 21.1 Å². The first kappa shape index (κ1) is 21.0. The third-order valence-electron chi connectivity index (χ3n) is 7.75. The van der Waals surface area contributed by atoms with Crippen LogP contribution in [-0.4, -0.2) is 22.6 Å². The quantitative estimate of drug-likeness (QED) is 0.291. The highest BCUT2D eigenvalue weighted by molar-refractivity contribution is 5.93. The molecule has 2 aromatic heterocycles. The zero-order valence-electron chi connectivity index (χ0n) is 20.0. The minimum absolute atomic E-state index is 0.643. The number of anilines is 1. The molecule has 3 heteroatoms. The van der Waals surface area contributed by atoms with Gasteiger partial charge in [-0.05, 0) is 72.2 Å². The largest absolute Gasteiger partial charge is 0.355 e. The van der Waals surface area contributed by atoms with Crippen molar-refractivity contribution in [1.82, 2.24) is 9.55 Å². The molecule has 1 saturated heterocycles. The molecule has 0 saturated carbocycles. The van der Waals surface area contributed by atoms with Crippen LogP contribution < -0.4 is 4.90 Å². The first-order chi connectivity index (χ1) is 16.7. The van der Waals surface area contributed by atoms with E-state index in [1.807, 2.05) is 6.20 Å². The Morgan fingerprint density at radius 1 is 0.824 bits per heavy atom. The van der Waals surface area contributed by atoms with Gasteiger partial charge in [0.2, 0.25) is 0 Å². The summed E-state index contributed by atoms with van der Waals surface area (Å²) in [5, 5.41) is 3.92. The number of hydrogen-bond acceptors (Lipinski definition) is 2. The van der Waals surface area contributed by atoms with Crippen LogP contribution in [0.15, 0.2) is 85.1 Å². The number of rotatable bonds is 4. The van der Waals surface area contributed by atoms with E-state index in [4.69, 9.17) is 4.98 Å². The molecular formula is C31H31N3. The normalized spacial score (nSPS) is 14.8. The number of aromatic nitrogens is 2. The maximum absolute atomic E-state index is 4.94. The monoisotopic (exact) mass is 445 g/mol. The van der Waals surface area contributed by atoms with Gasteiger partial charge in [0.25, 0.3) is 0 Å². The summed E-state index contributed by atoms with van der Waals surface area (Å²) in [7, 11) is 0. The molecule has 0 unspecified atom stereocenters. The summed E-state index contributed by atoms with van der Waals surface area (Å²) in [6.07, 6.45) is 4.34. The second-order valence-electron chi connectivity index (χ2n) is 9.68. The Bertz CT molecular complexity index is 1460. The number of pyridine rings is 1. The summed E-state index contributed by atoms with van der Waals surface area (Å²) in [5.74, 6) is 1.78. The minimum atomic E-state index is 0.643. The van der Waals surface area contributed by atoms with Gasteiger partial charge in [0, 0.05) is 36.9 Å². The molecule has 0 N–H and O–H groups in total. The van der Waals surface area contributed by atoms with Gasteiger partial charge in [-0.2, -0.15) is 0 Å². The fraction of sp³-hybridized carbons (Fsp3) is 0.258. The number of benzene rings is 3. The number of hydrogen-bond donors (Lipinski definition) is 0. The van der Waals surface area contributed by atoms with Gasteiger partial charge < -0.3 is 9.47 Å². The second kappa shape index (κ2) is 8.64. The zero-order valence-corrected chi connectivity index (χ0v) is 20.0. The van der Waals surface area contributed by atoms with Crippen LogP contribution in [0.5, 0.6) is 0 Å². The molecule has 0 spiro atoms. The van der Waals surface area contributed by atoms with Gasteiger partial charge in [-0.15, -0.1) is 0 Å². The molecule has 6 rings (SSSR count). The Morgan fingerprint density at radius 3 is 2.35 bits per heavy atom. The van der Waals surface area contributed by atoms with Crippen molar-refractivity contribution < 1.29 is 0 Å². The third kappa shape index (κ3) is 3.66. The standard InChI is InChI=1S/C31H31N3/c1-22-23(2)34(21-24-12-13-26-10-6-7-11-28(26)20-24)30-29(22)14-17-32-31(30)33-18-15-27(16-19-33)25-8-4-3-5-9-25/h3-14,17,20,27H,15-16,18-19,21H2,1-2H3. The van der Waals surface area contributed by atoms with Crippen LogP contribution in [0.2, 0.25) is 0 Å². The summed E-state index contributed by atoms with van der Waals surface area (Å²) >= 11 is 0. The average Bonchev–Trinajstić information content (AvgIpc) is 3.14. The Labute approximate surface area is 201 Å². The predicted octanol–water partition coefficient (Wildman–Crippen LogP) is 7.24. The maximum Gasteiger partial charge on any atom is 0.153 e. The van der Waals surface area contributed by atoms with Gasteiger partial charge in [0.15, 0.2) is 5.82 Å². The molecule has 0 bridgehead atoms. The summed E-state index contributed by atoms with van der Waals surface area (Å²) in [6.45, 7) is 7.46. The Balaban J connectivity index is 1.35. The molecule has 34 heavy (non-hydrogen) atoms. The van der Waals surface area contributed by atoms with Crippen molar-refractivity contribution >= 4 is 27.5 Å². The molecule has 170 valence electrons. The third-order valence-corrected chi connectivity index (χ3v) is 7.75. The Hall–Kier alpha value is -3.59. The highest BCUT2D eigenvalue weighted by Gasteiger charge is 2.25. The van der Waals surface area contributed by atoms with Crippen molar-refractivity contribution in [2.75, 3.05) is 18.0 Å². The zero-order chi connectivity index (χ0) is 23.1. The highest BCUT2D eigenvalue weighted by atomic mass is 15.2. The number of aryl methyl sites for hydroxylation is 1. The predicted molar refractivity (Wildman–Crippen MR) is 143 cm³/mol. The van der Waals surface area contributed by atoms with Crippen molar-refractivity contribution in [2.45, 2.75) is 39.2 Å². The van der Waals surface area contributed by atoms with Crippen molar-refractivity contribution in [2.24, 2.45) is 0 Å². The SMILES string of the molecule is Cc1c(C)n(Cc2ccc3ccccc3c2)c2c(N3CCC(c4ccccc4)CC3)nccc12. The van der Waals surface area contributed by atoms with E-state index < -0.39 is 0 Å². The molecule has 1 fully saturated rings. The van der Waals surface area contributed by atoms with Crippen LogP contribution >= 0.6 is 0 Å². The van der Waals surface area contributed by atoms with Gasteiger partial charge in [0.05, 0.1) is 5.52 Å². The van der Waals surface area contributed by atoms with E-state index in [2.05, 4.69) is 102 Å². The molecule has 0 amide bonds. The summed E-state index contributed by atoms with van der Waals surface area (Å²) in [5.41, 5.74) is 6.77. The molecule has 0 radical (unpaired) electrons. The fourth-order valence-corrected chi connectivity index (χ4v) is 5.68. The van der Waals surface area contributed by atoms with E-state index in [0.717, 1.165) is 25.5 Å². The lowest BCUT2D eigenvalue weighted by Crippen LogP contribution is -2.33. The molecule has 5 aromatic rings. The van der Waals surface area contributed by atoms with E-state index in [9.17, 15) is 0 Å². The van der Waals surface area contributed by atoms with Gasteiger partial charge in [-0.25, -0.2) is 4.98 Å². The molecule has 3 nitrogen and oxygen atoms in total. The van der Waals surface area contributed by atoms with E-state index >= 15 is 0 Å². The lowest BCUT2D eigenvalue weighted by atomic mass is 9.89. The first-order valence-electron chi connectivity index (χ1n) is 12.4. The molecule has 1 aliphatic rings. The Morgan fingerprint density at radius 2 is 1.56 bits per heavy atom.